The van der Waals surface area contributed by atoms with Crippen molar-refractivity contribution in [1.82, 2.24) is 9.21 Å². The lowest BCUT2D eigenvalue weighted by Gasteiger charge is -2.34. The van der Waals surface area contributed by atoms with Gasteiger partial charge in [0.1, 0.15) is 5.75 Å². The molecule has 1 heterocycles. The molecule has 0 amide bonds. The third-order valence-electron chi connectivity index (χ3n) is 4.04. The smallest absolute Gasteiger partial charge is 0.214 e. The van der Waals surface area contributed by atoms with Crippen LogP contribution in [-0.4, -0.2) is 63.2 Å². The van der Waals surface area contributed by atoms with Crippen LogP contribution in [0.3, 0.4) is 0 Å². The fraction of sp³-hybridized carbons (Fsp3) is 0.625. The molecule has 6 heteroatoms. The van der Waals surface area contributed by atoms with E-state index in [0.717, 1.165) is 31.8 Å². The molecule has 0 aromatic heterocycles. The molecule has 0 spiro atoms. The van der Waals surface area contributed by atoms with Crippen molar-refractivity contribution in [3.63, 3.8) is 0 Å². The average molecular weight is 326 g/mol. The maximum Gasteiger partial charge on any atom is 0.214 e. The van der Waals surface area contributed by atoms with Gasteiger partial charge in [0.05, 0.1) is 12.9 Å². The van der Waals surface area contributed by atoms with Crippen molar-refractivity contribution in [3.05, 3.63) is 29.8 Å². The van der Waals surface area contributed by atoms with E-state index in [2.05, 4.69) is 17.0 Å². The Morgan fingerprint density at radius 3 is 2.55 bits per heavy atom. The second-order valence-electron chi connectivity index (χ2n) is 5.66. The largest absolute Gasteiger partial charge is 0.497 e. The first-order valence-electron chi connectivity index (χ1n) is 7.88. The Morgan fingerprint density at radius 2 is 1.91 bits per heavy atom. The zero-order chi connectivity index (χ0) is 16.0. The molecule has 124 valence electrons. The van der Waals surface area contributed by atoms with Crippen molar-refractivity contribution < 1.29 is 13.2 Å². The molecule has 0 aliphatic carbocycles. The van der Waals surface area contributed by atoms with Gasteiger partial charge in [-0.05, 0) is 30.5 Å². The molecule has 0 saturated carbocycles. The van der Waals surface area contributed by atoms with Crippen LogP contribution < -0.4 is 4.74 Å². The van der Waals surface area contributed by atoms with E-state index in [-0.39, 0.29) is 5.75 Å². The summed E-state index contributed by atoms with van der Waals surface area (Å²) in [4.78, 5) is 2.33. The maximum atomic E-state index is 12.0. The third kappa shape index (κ3) is 4.69. The lowest BCUT2D eigenvalue weighted by Crippen LogP contribution is -2.49. The third-order valence-corrected chi connectivity index (χ3v) is 6.11. The molecule has 0 radical (unpaired) electrons. The first-order chi connectivity index (χ1) is 10.5. The zero-order valence-corrected chi connectivity index (χ0v) is 14.3. The molecule has 5 nitrogen and oxygen atoms in total. The molecule has 1 aliphatic heterocycles. The van der Waals surface area contributed by atoms with E-state index in [0.29, 0.717) is 19.5 Å². The van der Waals surface area contributed by atoms with Crippen molar-refractivity contribution in [2.45, 2.75) is 19.8 Å². The molecule has 1 saturated heterocycles. The Hall–Kier alpha value is -1.11. The van der Waals surface area contributed by atoms with Crippen LogP contribution in [0.1, 0.15) is 18.9 Å². The predicted molar refractivity (Wildman–Crippen MR) is 88.8 cm³/mol. The van der Waals surface area contributed by atoms with E-state index in [4.69, 9.17) is 4.74 Å². The van der Waals surface area contributed by atoms with Crippen molar-refractivity contribution in [2.75, 3.05) is 45.6 Å². The van der Waals surface area contributed by atoms with Gasteiger partial charge in [-0.25, -0.2) is 8.42 Å². The fourth-order valence-electron chi connectivity index (χ4n) is 2.73. The summed E-state index contributed by atoms with van der Waals surface area (Å²) in [5.74, 6) is 1.14. The molecule has 0 bridgehead atoms. The van der Waals surface area contributed by atoms with Gasteiger partial charge >= 0.3 is 0 Å². The zero-order valence-electron chi connectivity index (χ0n) is 13.5. The summed E-state index contributed by atoms with van der Waals surface area (Å²) in [7, 11) is -1.37. The van der Waals surface area contributed by atoms with Gasteiger partial charge in [-0.15, -0.1) is 0 Å². The number of ether oxygens (including phenoxy) is 1. The molecule has 0 N–H and O–H groups in total. The fourth-order valence-corrected chi connectivity index (χ4v) is 4.23. The number of methoxy groups -OCH3 is 1. The molecule has 1 aliphatic rings. The van der Waals surface area contributed by atoms with Gasteiger partial charge in [-0.2, -0.15) is 4.31 Å². The predicted octanol–water partition coefficient (Wildman–Crippen LogP) is 1.60. The highest BCUT2D eigenvalue weighted by Gasteiger charge is 2.25. The van der Waals surface area contributed by atoms with E-state index in [1.807, 2.05) is 19.1 Å². The van der Waals surface area contributed by atoms with Crippen LogP contribution in [0.5, 0.6) is 5.75 Å². The van der Waals surface area contributed by atoms with Crippen LogP contribution in [-0.2, 0) is 16.4 Å². The van der Waals surface area contributed by atoms with E-state index >= 15 is 0 Å². The molecule has 1 aromatic carbocycles. The summed E-state index contributed by atoms with van der Waals surface area (Å²) >= 11 is 0. The Labute approximate surface area is 133 Å². The minimum Gasteiger partial charge on any atom is -0.497 e. The molecule has 0 atom stereocenters. The average Bonchev–Trinajstić information content (AvgIpc) is 2.53. The molecule has 2 rings (SSSR count). The Bertz CT molecular complexity index is 567. The standard InChI is InChI=1S/C16H26N2O3S/c1-3-13-22(19,20)18-11-9-17(10-12-18)8-7-15-5-4-6-16(14-15)21-2/h4-6,14H,3,7-13H2,1-2H3. The number of hydrogen-bond donors (Lipinski definition) is 0. The number of hydrogen-bond acceptors (Lipinski definition) is 4. The number of sulfonamides is 1. The lowest BCUT2D eigenvalue weighted by atomic mass is 10.1. The lowest BCUT2D eigenvalue weighted by molar-refractivity contribution is 0.190. The van der Waals surface area contributed by atoms with Gasteiger partial charge < -0.3 is 9.64 Å². The number of rotatable bonds is 7. The highest BCUT2D eigenvalue weighted by molar-refractivity contribution is 7.89. The van der Waals surface area contributed by atoms with Crippen LogP contribution in [0.25, 0.3) is 0 Å². The van der Waals surface area contributed by atoms with Crippen LogP contribution in [0.2, 0.25) is 0 Å². The van der Waals surface area contributed by atoms with Gasteiger partial charge in [0, 0.05) is 32.7 Å². The summed E-state index contributed by atoms with van der Waals surface area (Å²) in [6.07, 6.45) is 1.64. The molecular formula is C16H26N2O3S. The molecular weight excluding hydrogens is 300 g/mol. The summed E-state index contributed by atoms with van der Waals surface area (Å²) < 4.78 is 30.9. The molecule has 0 unspecified atom stereocenters. The first kappa shape index (κ1) is 17.2. The molecule has 22 heavy (non-hydrogen) atoms. The van der Waals surface area contributed by atoms with Crippen molar-refractivity contribution in [2.24, 2.45) is 0 Å². The minimum absolute atomic E-state index is 0.261. The van der Waals surface area contributed by atoms with E-state index < -0.39 is 10.0 Å². The molecule has 1 aromatic rings. The van der Waals surface area contributed by atoms with Crippen LogP contribution in [0.4, 0.5) is 0 Å². The Kier molecular flexibility index (Phi) is 6.23. The van der Waals surface area contributed by atoms with Crippen LogP contribution in [0.15, 0.2) is 24.3 Å². The molecule has 1 fully saturated rings. The first-order valence-corrected chi connectivity index (χ1v) is 9.49. The van der Waals surface area contributed by atoms with Gasteiger partial charge in [0.2, 0.25) is 10.0 Å². The van der Waals surface area contributed by atoms with E-state index in [9.17, 15) is 8.42 Å². The summed E-state index contributed by atoms with van der Waals surface area (Å²) in [6.45, 7) is 5.71. The second-order valence-corrected chi connectivity index (χ2v) is 7.75. The Balaban J connectivity index is 1.80. The topological polar surface area (TPSA) is 49.9 Å². The van der Waals surface area contributed by atoms with Crippen molar-refractivity contribution >= 4 is 10.0 Å². The van der Waals surface area contributed by atoms with Crippen LogP contribution >= 0.6 is 0 Å². The summed E-state index contributed by atoms with van der Waals surface area (Å²) in [5.41, 5.74) is 1.25. The number of piperazine rings is 1. The SMILES string of the molecule is CCCS(=O)(=O)N1CCN(CCc2cccc(OC)c2)CC1. The van der Waals surface area contributed by atoms with Gasteiger partial charge in [0.25, 0.3) is 0 Å². The van der Waals surface area contributed by atoms with Crippen LogP contribution in [0, 0.1) is 0 Å². The normalized spacial score (nSPS) is 17.5. The summed E-state index contributed by atoms with van der Waals surface area (Å²) in [6, 6.07) is 8.11. The monoisotopic (exact) mass is 326 g/mol. The van der Waals surface area contributed by atoms with Gasteiger partial charge in [-0.1, -0.05) is 19.1 Å². The van der Waals surface area contributed by atoms with Crippen molar-refractivity contribution in [1.29, 1.82) is 0 Å². The highest BCUT2D eigenvalue weighted by atomic mass is 32.2. The van der Waals surface area contributed by atoms with Gasteiger partial charge in [-0.3, -0.25) is 0 Å². The van der Waals surface area contributed by atoms with E-state index in [1.165, 1.54) is 5.56 Å². The quantitative estimate of drug-likeness (QED) is 0.764. The summed E-state index contributed by atoms with van der Waals surface area (Å²) in [5, 5.41) is 0. The minimum atomic E-state index is -3.04. The van der Waals surface area contributed by atoms with Gasteiger partial charge in [0.15, 0.2) is 0 Å². The second kappa shape index (κ2) is 7.94. The maximum absolute atomic E-state index is 12.0. The van der Waals surface area contributed by atoms with E-state index in [1.54, 1.807) is 11.4 Å². The number of nitrogens with zero attached hydrogens (tertiary/aromatic N) is 2. The number of benzene rings is 1. The van der Waals surface area contributed by atoms with Crippen molar-refractivity contribution in [3.8, 4) is 5.75 Å². The Morgan fingerprint density at radius 1 is 1.18 bits per heavy atom. The highest BCUT2D eigenvalue weighted by Crippen LogP contribution is 2.14.